The zero-order chi connectivity index (χ0) is 13.3. The van der Waals surface area contributed by atoms with Crippen molar-refractivity contribution >= 4 is 5.97 Å². The molecule has 0 aromatic rings. The predicted octanol–water partition coefficient (Wildman–Crippen LogP) is 4.57. The summed E-state index contributed by atoms with van der Waals surface area (Å²) in [7, 11) is 0. The smallest absolute Gasteiger partial charge is 0.306 e. The molecule has 0 heterocycles. The van der Waals surface area contributed by atoms with Gasteiger partial charge in [0.25, 0.3) is 0 Å². The van der Waals surface area contributed by atoms with E-state index in [1.165, 1.54) is 0 Å². The van der Waals surface area contributed by atoms with Crippen LogP contribution in [0.25, 0.3) is 0 Å². The summed E-state index contributed by atoms with van der Waals surface area (Å²) in [6, 6.07) is 0. The molecule has 0 N–H and O–H groups in total. The zero-order valence-electron chi connectivity index (χ0n) is 12.3. The highest BCUT2D eigenvalue weighted by Gasteiger charge is 2.17. The summed E-state index contributed by atoms with van der Waals surface area (Å²) in [5.74, 6) is 1.16. The van der Waals surface area contributed by atoms with Gasteiger partial charge in [0, 0.05) is 6.42 Å². The first kappa shape index (κ1) is 16.5. The first-order valence-corrected chi connectivity index (χ1v) is 7.15. The monoisotopic (exact) mass is 242 g/mol. The van der Waals surface area contributed by atoms with Crippen LogP contribution in [0.2, 0.25) is 0 Å². The molecule has 0 saturated carbocycles. The lowest BCUT2D eigenvalue weighted by molar-refractivity contribution is -0.150. The number of hydrogen-bond acceptors (Lipinski definition) is 2. The van der Waals surface area contributed by atoms with Crippen LogP contribution in [0.1, 0.15) is 73.1 Å². The van der Waals surface area contributed by atoms with E-state index in [1.54, 1.807) is 0 Å². The molecule has 0 fully saturated rings. The Labute approximate surface area is 107 Å². The van der Waals surface area contributed by atoms with Crippen molar-refractivity contribution in [1.82, 2.24) is 0 Å². The van der Waals surface area contributed by atoms with Crippen LogP contribution in [0.4, 0.5) is 0 Å². The van der Waals surface area contributed by atoms with Gasteiger partial charge in [-0.2, -0.15) is 0 Å². The Hall–Kier alpha value is -0.530. The van der Waals surface area contributed by atoms with Crippen LogP contribution >= 0.6 is 0 Å². The molecule has 0 atom stereocenters. The number of unbranched alkanes of at least 4 members (excludes halogenated alkanes) is 2. The predicted molar refractivity (Wildman–Crippen MR) is 72.9 cm³/mol. The van der Waals surface area contributed by atoms with E-state index in [0.717, 1.165) is 32.1 Å². The van der Waals surface area contributed by atoms with E-state index in [4.69, 9.17) is 4.74 Å². The van der Waals surface area contributed by atoms with E-state index in [-0.39, 0.29) is 12.1 Å². The average molecular weight is 242 g/mol. The summed E-state index contributed by atoms with van der Waals surface area (Å²) in [6.45, 7) is 10.9. The lowest BCUT2D eigenvalue weighted by Gasteiger charge is -2.21. The van der Waals surface area contributed by atoms with Crippen LogP contribution in [0.5, 0.6) is 0 Å². The summed E-state index contributed by atoms with van der Waals surface area (Å²) in [6.07, 6.45) is 5.90. The third-order valence-electron chi connectivity index (χ3n) is 2.75. The molecule has 102 valence electrons. The maximum atomic E-state index is 11.7. The van der Waals surface area contributed by atoms with Gasteiger partial charge in [-0.15, -0.1) is 0 Å². The third kappa shape index (κ3) is 10.3. The van der Waals surface area contributed by atoms with Crippen LogP contribution in [0.3, 0.4) is 0 Å². The molecule has 2 nitrogen and oxygen atoms in total. The zero-order valence-corrected chi connectivity index (χ0v) is 12.3. The lowest BCUT2D eigenvalue weighted by Crippen LogP contribution is -2.22. The lowest BCUT2D eigenvalue weighted by atomic mass is 9.98. The number of rotatable bonds is 9. The van der Waals surface area contributed by atoms with Crippen molar-refractivity contribution < 1.29 is 9.53 Å². The summed E-state index contributed by atoms with van der Waals surface area (Å²) in [5.41, 5.74) is 0. The van der Waals surface area contributed by atoms with E-state index in [1.807, 2.05) is 0 Å². The van der Waals surface area contributed by atoms with Crippen molar-refractivity contribution in [3.63, 3.8) is 0 Å². The van der Waals surface area contributed by atoms with Crippen molar-refractivity contribution in [3.8, 4) is 0 Å². The quantitative estimate of drug-likeness (QED) is 0.437. The maximum Gasteiger partial charge on any atom is 0.306 e. The minimum absolute atomic E-state index is 0.00949. The highest BCUT2D eigenvalue weighted by atomic mass is 16.5. The molecule has 2 heteroatoms. The van der Waals surface area contributed by atoms with E-state index in [0.29, 0.717) is 18.3 Å². The van der Waals surface area contributed by atoms with Gasteiger partial charge in [-0.25, -0.2) is 0 Å². The topological polar surface area (TPSA) is 26.3 Å². The highest BCUT2D eigenvalue weighted by Crippen LogP contribution is 2.17. The fourth-order valence-corrected chi connectivity index (χ4v) is 2.01. The number of carbonyl (C=O) groups is 1. The largest absolute Gasteiger partial charge is 0.462 e. The van der Waals surface area contributed by atoms with Gasteiger partial charge in [0.15, 0.2) is 0 Å². The molecule has 17 heavy (non-hydrogen) atoms. The SMILES string of the molecule is CCCCCC(=O)OC(CC(C)C)CC(C)C. The van der Waals surface area contributed by atoms with Gasteiger partial charge in [0.2, 0.25) is 0 Å². The minimum atomic E-state index is -0.00949. The third-order valence-corrected chi connectivity index (χ3v) is 2.75. The van der Waals surface area contributed by atoms with E-state index in [9.17, 15) is 4.79 Å². The Morgan fingerprint density at radius 1 is 1.00 bits per heavy atom. The van der Waals surface area contributed by atoms with E-state index >= 15 is 0 Å². The fourth-order valence-electron chi connectivity index (χ4n) is 2.01. The first-order chi connectivity index (χ1) is 7.95. The summed E-state index contributed by atoms with van der Waals surface area (Å²) in [5, 5.41) is 0. The van der Waals surface area contributed by atoms with Gasteiger partial charge in [-0.05, 0) is 31.1 Å². The molecule has 0 amide bonds. The van der Waals surface area contributed by atoms with Crippen LogP contribution in [0.15, 0.2) is 0 Å². The van der Waals surface area contributed by atoms with Gasteiger partial charge >= 0.3 is 5.97 Å². The minimum Gasteiger partial charge on any atom is -0.462 e. The van der Waals surface area contributed by atoms with Crippen molar-refractivity contribution in [2.75, 3.05) is 0 Å². The first-order valence-electron chi connectivity index (χ1n) is 7.15. The Morgan fingerprint density at radius 3 is 1.94 bits per heavy atom. The maximum absolute atomic E-state index is 11.7. The molecule has 0 saturated heterocycles. The average Bonchev–Trinajstić information content (AvgIpc) is 2.15. The van der Waals surface area contributed by atoms with Crippen LogP contribution in [0, 0.1) is 11.8 Å². The molecule has 0 bridgehead atoms. The molecule has 0 aromatic carbocycles. The van der Waals surface area contributed by atoms with Crippen LogP contribution in [-0.2, 0) is 9.53 Å². The molecule has 0 spiro atoms. The molecule has 0 aliphatic rings. The number of esters is 1. The molecule has 0 aliphatic heterocycles. The van der Waals surface area contributed by atoms with Crippen molar-refractivity contribution in [1.29, 1.82) is 0 Å². The Balaban J connectivity index is 3.99. The number of carbonyl (C=O) groups excluding carboxylic acids is 1. The Morgan fingerprint density at radius 2 is 1.53 bits per heavy atom. The fraction of sp³-hybridized carbons (Fsp3) is 0.933. The van der Waals surface area contributed by atoms with Gasteiger partial charge in [-0.3, -0.25) is 4.79 Å². The van der Waals surface area contributed by atoms with E-state index < -0.39 is 0 Å². The Kier molecular flexibility index (Phi) is 9.20. The molecule has 0 radical (unpaired) electrons. The normalized spacial score (nSPS) is 11.5. The number of hydrogen-bond donors (Lipinski definition) is 0. The molecule has 0 aromatic heterocycles. The second-order valence-electron chi connectivity index (χ2n) is 5.83. The van der Waals surface area contributed by atoms with Gasteiger partial charge in [-0.1, -0.05) is 47.5 Å². The van der Waals surface area contributed by atoms with Crippen molar-refractivity contribution in [2.24, 2.45) is 11.8 Å². The second kappa shape index (κ2) is 9.49. The standard InChI is InChI=1S/C15H30O2/c1-6-7-8-9-15(16)17-14(10-12(2)3)11-13(4)5/h12-14H,6-11H2,1-5H3. The Bertz CT molecular complexity index is 187. The molecular formula is C15H30O2. The van der Waals surface area contributed by atoms with Crippen LogP contribution in [-0.4, -0.2) is 12.1 Å². The molecule has 0 aliphatic carbocycles. The van der Waals surface area contributed by atoms with Crippen molar-refractivity contribution in [2.45, 2.75) is 79.2 Å². The molecular weight excluding hydrogens is 212 g/mol. The van der Waals surface area contributed by atoms with E-state index in [2.05, 4.69) is 34.6 Å². The number of ether oxygens (including phenoxy) is 1. The van der Waals surface area contributed by atoms with Crippen LogP contribution < -0.4 is 0 Å². The van der Waals surface area contributed by atoms with Crippen molar-refractivity contribution in [3.05, 3.63) is 0 Å². The van der Waals surface area contributed by atoms with Gasteiger partial charge in [0.1, 0.15) is 6.10 Å². The van der Waals surface area contributed by atoms with Gasteiger partial charge < -0.3 is 4.74 Å². The summed E-state index contributed by atoms with van der Waals surface area (Å²) >= 11 is 0. The second-order valence-corrected chi connectivity index (χ2v) is 5.83. The van der Waals surface area contributed by atoms with Gasteiger partial charge in [0.05, 0.1) is 0 Å². The molecule has 0 unspecified atom stereocenters. The molecule has 0 rings (SSSR count). The summed E-state index contributed by atoms with van der Waals surface area (Å²) in [4.78, 5) is 11.7. The summed E-state index contributed by atoms with van der Waals surface area (Å²) < 4.78 is 5.58. The highest BCUT2D eigenvalue weighted by molar-refractivity contribution is 5.69.